The highest BCUT2D eigenvalue weighted by atomic mass is 16.6. The second-order valence-corrected chi connectivity index (χ2v) is 8.52. The van der Waals surface area contributed by atoms with Crippen LogP contribution in [-0.2, 0) is 23.9 Å². The number of esters is 2. The number of unbranched alkanes of at least 4 members (excludes halogenated alkanes) is 14. The number of aliphatic carboxylic acids is 1. The maximum Gasteiger partial charge on any atom is 0.345 e. The maximum absolute atomic E-state index is 11.9. The third-order valence-electron chi connectivity index (χ3n) is 5.45. The lowest BCUT2D eigenvalue weighted by Gasteiger charge is -2.13. The van der Waals surface area contributed by atoms with Crippen LogP contribution in [0, 0.1) is 0 Å². The Morgan fingerprint density at radius 1 is 0.688 bits per heavy atom. The summed E-state index contributed by atoms with van der Waals surface area (Å²) in [5.74, 6) is -2.73. The van der Waals surface area contributed by atoms with Gasteiger partial charge in [-0.1, -0.05) is 96.8 Å². The zero-order chi connectivity index (χ0) is 23.9. The Morgan fingerprint density at radius 3 is 1.59 bits per heavy atom. The summed E-state index contributed by atoms with van der Waals surface area (Å²) in [5.41, 5.74) is 0. The third kappa shape index (κ3) is 20.3. The highest BCUT2D eigenvalue weighted by molar-refractivity contribution is 5.83. The molecule has 7 heteroatoms. The van der Waals surface area contributed by atoms with Gasteiger partial charge in [-0.15, -0.1) is 0 Å². The number of aliphatic hydroxyl groups is 1. The molecule has 0 aliphatic carbocycles. The van der Waals surface area contributed by atoms with E-state index < -0.39 is 30.4 Å². The van der Waals surface area contributed by atoms with Crippen LogP contribution in [0.5, 0.6) is 0 Å². The van der Waals surface area contributed by atoms with Crippen molar-refractivity contribution in [3.05, 3.63) is 0 Å². The first-order chi connectivity index (χ1) is 15.5. The van der Waals surface area contributed by atoms with Gasteiger partial charge >= 0.3 is 17.9 Å². The number of hydrogen-bond donors (Lipinski definition) is 2. The van der Waals surface area contributed by atoms with Gasteiger partial charge in [-0.2, -0.15) is 0 Å². The van der Waals surface area contributed by atoms with Crippen molar-refractivity contribution in [1.82, 2.24) is 0 Å². The Labute approximate surface area is 194 Å². The fourth-order valence-electron chi connectivity index (χ4n) is 3.50. The number of carbonyl (C=O) groups excluding carboxylic acids is 2. The molecule has 0 aromatic rings. The molecule has 0 saturated heterocycles. The minimum Gasteiger partial charge on any atom is -0.478 e. The van der Waals surface area contributed by atoms with E-state index in [4.69, 9.17) is 19.7 Å². The predicted molar refractivity (Wildman–Crippen MR) is 124 cm³/mol. The fourth-order valence-corrected chi connectivity index (χ4v) is 3.50. The largest absolute Gasteiger partial charge is 0.478 e. The first-order valence-electron chi connectivity index (χ1n) is 12.7. The van der Waals surface area contributed by atoms with Gasteiger partial charge in [-0.25, -0.2) is 4.79 Å². The van der Waals surface area contributed by atoms with Crippen molar-refractivity contribution < 1.29 is 34.1 Å². The van der Waals surface area contributed by atoms with Crippen LogP contribution in [0.2, 0.25) is 0 Å². The van der Waals surface area contributed by atoms with Crippen LogP contribution in [0.4, 0.5) is 0 Å². The summed E-state index contributed by atoms with van der Waals surface area (Å²) < 4.78 is 9.70. The van der Waals surface area contributed by atoms with Crippen molar-refractivity contribution >= 4 is 17.9 Å². The number of carboxylic acids is 1. The number of ether oxygens (including phenoxy) is 2. The molecule has 7 nitrogen and oxygen atoms in total. The Morgan fingerprint density at radius 2 is 1.16 bits per heavy atom. The zero-order valence-electron chi connectivity index (χ0n) is 20.2. The van der Waals surface area contributed by atoms with Crippen molar-refractivity contribution in [3.8, 4) is 0 Å². The smallest absolute Gasteiger partial charge is 0.345 e. The summed E-state index contributed by atoms with van der Waals surface area (Å²) in [7, 11) is 0. The molecule has 0 spiro atoms. The van der Waals surface area contributed by atoms with Crippen LogP contribution in [0.25, 0.3) is 0 Å². The first-order valence-corrected chi connectivity index (χ1v) is 12.7. The summed E-state index contributed by atoms with van der Waals surface area (Å²) in [5, 5.41) is 17.8. The van der Waals surface area contributed by atoms with Gasteiger partial charge in [0.05, 0.1) is 13.0 Å². The molecule has 0 rings (SSSR count). The number of rotatable bonds is 23. The fraction of sp³-hybridized carbons (Fsp3) is 0.880. The van der Waals surface area contributed by atoms with E-state index >= 15 is 0 Å². The maximum atomic E-state index is 11.9. The molecule has 0 bridgehead atoms. The van der Waals surface area contributed by atoms with E-state index in [9.17, 15) is 14.4 Å². The molecule has 2 N–H and O–H groups in total. The van der Waals surface area contributed by atoms with Gasteiger partial charge in [-0.05, 0) is 6.42 Å². The van der Waals surface area contributed by atoms with E-state index in [0.29, 0.717) is 6.42 Å². The van der Waals surface area contributed by atoms with Crippen LogP contribution in [0.1, 0.15) is 122 Å². The van der Waals surface area contributed by atoms with Crippen molar-refractivity contribution in [2.24, 2.45) is 0 Å². The first kappa shape index (κ1) is 30.4. The number of hydrogen-bond acceptors (Lipinski definition) is 6. The third-order valence-corrected chi connectivity index (χ3v) is 5.45. The molecule has 1 atom stereocenters. The summed E-state index contributed by atoms with van der Waals surface area (Å²) >= 11 is 0. The summed E-state index contributed by atoms with van der Waals surface area (Å²) in [4.78, 5) is 34.6. The second kappa shape index (κ2) is 22.6. The van der Waals surface area contributed by atoms with Crippen LogP contribution in [0.15, 0.2) is 0 Å². The van der Waals surface area contributed by atoms with Gasteiger partial charge < -0.3 is 19.7 Å². The van der Waals surface area contributed by atoms with E-state index in [1.165, 1.54) is 70.6 Å². The molecule has 32 heavy (non-hydrogen) atoms. The Hall–Kier alpha value is -1.63. The molecule has 0 aliphatic heterocycles. The topological polar surface area (TPSA) is 110 Å². The Balaban J connectivity index is 3.60. The molecule has 0 heterocycles. The van der Waals surface area contributed by atoms with E-state index in [1.807, 2.05) is 0 Å². The summed E-state index contributed by atoms with van der Waals surface area (Å²) in [6.45, 7) is 2.13. The Kier molecular flexibility index (Phi) is 21.4. The molecular formula is C25H46O7. The molecule has 1 unspecified atom stereocenters. The molecule has 0 saturated carbocycles. The molecule has 0 aromatic heterocycles. The molecule has 0 aromatic carbocycles. The molecule has 0 aliphatic rings. The van der Waals surface area contributed by atoms with Gasteiger partial charge in [0, 0.05) is 19.4 Å². The second-order valence-electron chi connectivity index (χ2n) is 8.52. The van der Waals surface area contributed by atoms with Gasteiger partial charge in [0.2, 0.25) is 6.10 Å². The lowest BCUT2D eigenvalue weighted by molar-refractivity contribution is -0.168. The standard InChI is InChI=1S/C25H46O7/c1-2-3-4-5-6-7-8-9-10-11-12-13-14-15-16-18-23(27)32-22(25(29)30)21-24(28)31-20-17-19-26/h22,26H,2-21H2,1H3,(H,29,30). The highest BCUT2D eigenvalue weighted by Gasteiger charge is 2.26. The lowest BCUT2D eigenvalue weighted by atomic mass is 10.0. The van der Waals surface area contributed by atoms with Crippen LogP contribution in [0.3, 0.4) is 0 Å². The minimum absolute atomic E-state index is 0.00867. The molecule has 0 radical (unpaired) electrons. The number of carbonyl (C=O) groups is 3. The predicted octanol–water partition coefficient (Wildman–Crippen LogP) is 5.56. The zero-order valence-corrected chi connectivity index (χ0v) is 20.2. The van der Waals surface area contributed by atoms with Crippen molar-refractivity contribution in [2.75, 3.05) is 13.2 Å². The average molecular weight is 459 g/mol. The highest BCUT2D eigenvalue weighted by Crippen LogP contribution is 2.14. The lowest BCUT2D eigenvalue weighted by Crippen LogP contribution is -2.30. The summed E-state index contributed by atoms with van der Waals surface area (Å²) in [6.07, 6.45) is 16.8. The Bertz CT molecular complexity index is 479. The van der Waals surface area contributed by atoms with Gasteiger partial charge in [0.1, 0.15) is 0 Å². The normalized spacial score (nSPS) is 11.8. The van der Waals surface area contributed by atoms with E-state index in [1.54, 1.807) is 0 Å². The monoisotopic (exact) mass is 458 g/mol. The van der Waals surface area contributed by atoms with Gasteiger partial charge in [-0.3, -0.25) is 9.59 Å². The number of aliphatic hydroxyl groups excluding tert-OH is 1. The van der Waals surface area contributed by atoms with E-state index in [2.05, 4.69) is 6.92 Å². The van der Waals surface area contributed by atoms with Crippen LogP contribution < -0.4 is 0 Å². The van der Waals surface area contributed by atoms with Crippen LogP contribution in [-0.4, -0.2) is 47.4 Å². The van der Waals surface area contributed by atoms with Gasteiger partial charge in [0.25, 0.3) is 0 Å². The van der Waals surface area contributed by atoms with Crippen molar-refractivity contribution in [1.29, 1.82) is 0 Å². The minimum atomic E-state index is -1.53. The molecule has 0 amide bonds. The SMILES string of the molecule is CCCCCCCCCCCCCCCCCC(=O)OC(CC(=O)OCCCO)C(=O)O. The quantitative estimate of drug-likeness (QED) is 0.152. The molecule has 188 valence electrons. The van der Waals surface area contributed by atoms with Gasteiger partial charge in [0.15, 0.2) is 0 Å². The number of carboxylic acid groups (broad SMARTS) is 1. The molecular weight excluding hydrogens is 412 g/mol. The average Bonchev–Trinajstić information content (AvgIpc) is 2.76. The van der Waals surface area contributed by atoms with E-state index in [-0.39, 0.29) is 26.1 Å². The summed E-state index contributed by atoms with van der Waals surface area (Å²) in [6, 6.07) is 0. The van der Waals surface area contributed by atoms with Crippen molar-refractivity contribution in [2.45, 2.75) is 129 Å². The van der Waals surface area contributed by atoms with E-state index in [0.717, 1.165) is 19.3 Å². The van der Waals surface area contributed by atoms with Crippen LogP contribution >= 0.6 is 0 Å². The van der Waals surface area contributed by atoms with Crippen molar-refractivity contribution in [3.63, 3.8) is 0 Å². The molecule has 0 fully saturated rings.